The Morgan fingerprint density at radius 3 is 2.06 bits per heavy atom. The monoisotopic (exact) mass is 500 g/mol. The van der Waals surface area contributed by atoms with Gasteiger partial charge in [0, 0.05) is 25.6 Å². The van der Waals surface area contributed by atoms with Crippen LogP contribution < -0.4 is 14.7 Å². The molecule has 6 rings (SSSR count). The summed E-state index contributed by atoms with van der Waals surface area (Å²) in [5.74, 6) is -4.05. The molecule has 36 heavy (non-hydrogen) atoms. The highest BCUT2D eigenvalue weighted by Gasteiger charge is 2.61. The molecular weight excluding hydrogens is 480 g/mol. The minimum atomic E-state index is -0.888. The van der Waals surface area contributed by atoms with Gasteiger partial charge in [-0.05, 0) is 30.3 Å². The molecule has 3 aliphatic heterocycles. The average molecular weight is 501 g/mol. The van der Waals surface area contributed by atoms with Gasteiger partial charge in [0.1, 0.15) is 6.04 Å². The highest BCUT2D eigenvalue weighted by atomic mass is 35.5. The Morgan fingerprint density at radius 1 is 0.806 bits per heavy atom. The predicted molar refractivity (Wildman–Crippen MR) is 134 cm³/mol. The van der Waals surface area contributed by atoms with E-state index < -0.39 is 35.6 Å². The van der Waals surface area contributed by atoms with Crippen LogP contribution in [0.2, 0.25) is 5.02 Å². The first kappa shape index (κ1) is 22.4. The number of benzene rings is 2. The standard InChI is InChI=1S/C27H21ClN4O4/c1-30-19-12-15(28)14-29-23(19)21(18-13-20(33)31(25(18)34)16-8-4-2-5-9-16)22-24(30)27(36)32(26(22)35)17-10-6-3-7-11-17/h2-12,14,18,21-22,24H,13H2,1H3/t18?,21-,22-,24+/m1/s1. The lowest BCUT2D eigenvalue weighted by molar-refractivity contribution is -0.124. The van der Waals surface area contributed by atoms with Crippen molar-refractivity contribution in [1.82, 2.24) is 4.98 Å². The number of hydrogen-bond acceptors (Lipinski definition) is 6. The van der Waals surface area contributed by atoms with Gasteiger partial charge in [-0.3, -0.25) is 29.1 Å². The van der Waals surface area contributed by atoms with E-state index in [4.69, 9.17) is 11.6 Å². The minimum absolute atomic E-state index is 0.0815. The molecule has 0 N–H and O–H groups in total. The first-order valence-corrected chi connectivity index (χ1v) is 12.0. The van der Waals surface area contributed by atoms with Crippen LogP contribution in [-0.2, 0) is 19.2 Å². The molecule has 9 heteroatoms. The molecule has 0 aliphatic carbocycles. The number of aromatic nitrogens is 1. The zero-order valence-corrected chi connectivity index (χ0v) is 20.0. The first-order valence-electron chi connectivity index (χ1n) is 11.6. The number of carbonyl (C=O) groups excluding carboxylic acids is 4. The van der Waals surface area contributed by atoms with Crippen molar-refractivity contribution in [2.45, 2.75) is 18.4 Å². The number of fused-ring (bicyclic) bond motifs is 2. The van der Waals surface area contributed by atoms with E-state index in [9.17, 15) is 19.2 Å². The van der Waals surface area contributed by atoms with Gasteiger partial charge in [0.2, 0.25) is 17.7 Å². The Kier molecular flexibility index (Phi) is 5.15. The number of para-hydroxylation sites is 2. The largest absolute Gasteiger partial charge is 0.360 e. The summed E-state index contributed by atoms with van der Waals surface area (Å²) >= 11 is 6.26. The summed E-state index contributed by atoms with van der Waals surface area (Å²) in [5.41, 5.74) is 2.00. The van der Waals surface area contributed by atoms with Crippen molar-refractivity contribution in [2.24, 2.45) is 11.8 Å². The van der Waals surface area contributed by atoms with Crippen molar-refractivity contribution in [3.05, 3.63) is 83.6 Å². The van der Waals surface area contributed by atoms with Gasteiger partial charge in [0.15, 0.2) is 0 Å². The fraction of sp³-hybridized carbons (Fsp3) is 0.222. The Hall–Kier alpha value is -4.04. The molecule has 2 fully saturated rings. The van der Waals surface area contributed by atoms with Crippen LogP contribution in [0, 0.1) is 11.8 Å². The van der Waals surface area contributed by atoms with Crippen LogP contribution in [-0.4, -0.2) is 41.7 Å². The van der Waals surface area contributed by atoms with Crippen molar-refractivity contribution >= 4 is 52.3 Å². The molecule has 0 spiro atoms. The normalized spacial score (nSPS) is 25.4. The van der Waals surface area contributed by atoms with E-state index in [1.165, 1.54) is 16.0 Å². The van der Waals surface area contributed by atoms with Crippen LogP contribution in [0.15, 0.2) is 72.9 Å². The quantitative estimate of drug-likeness (QED) is 0.512. The Morgan fingerprint density at radius 2 is 1.42 bits per heavy atom. The molecular formula is C27H21ClN4O4. The number of anilines is 3. The molecule has 0 saturated carbocycles. The summed E-state index contributed by atoms with van der Waals surface area (Å²) in [6, 6.07) is 18.3. The van der Waals surface area contributed by atoms with Crippen LogP contribution in [0.5, 0.6) is 0 Å². The van der Waals surface area contributed by atoms with Gasteiger partial charge in [0.05, 0.1) is 39.6 Å². The van der Waals surface area contributed by atoms with Gasteiger partial charge in [-0.15, -0.1) is 0 Å². The van der Waals surface area contributed by atoms with Gasteiger partial charge >= 0.3 is 0 Å². The SMILES string of the molecule is CN1c2cc(Cl)cnc2[C@H](C2CC(=O)N(c3ccccc3)C2=O)[C@H]2C(=O)N(c3ccccc3)C(=O)[C@H]21. The van der Waals surface area contributed by atoms with Crippen molar-refractivity contribution in [1.29, 1.82) is 0 Å². The van der Waals surface area contributed by atoms with E-state index in [2.05, 4.69) is 4.98 Å². The van der Waals surface area contributed by atoms with Crippen molar-refractivity contribution in [3.8, 4) is 0 Å². The topological polar surface area (TPSA) is 90.9 Å². The minimum Gasteiger partial charge on any atom is -0.360 e. The lowest BCUT2D eigenvalue weighted by Crippen LogP contribution is -2.50. The summed E-state index contributed by atoms with van der Waals surface area (Å²) in [5, 5.41) is 0.370. The van der Waals surface area contributed by atoms with Crippen molar-refractivity contribution < 1.29 is 19.2 Å². The lowest BCUT2D eigenvalue weighted by Gasteiger charge is -2.40. The smallest absolute Gasteiger partial charge is 0.257 e. The third-order valence-corrected chi connectivity index (χ3v) is 7.53. The number of amides is 4. The van der Waals surface area contributed by atoms with Crippen LogP contribution in [0.25, 0.3) is 0 Å². The summed E-state index contributed by atoms with van der Waals surface area (Å²) in [6.45, 7) is 0. The maximum atomic E-state index is 13.9. The number of nitrogens with zero attached hydrogens (tertiary/aromatic N) is 4. The van der Waals surface area contributed by atoms with E-state index in [-0.39, 0.29) is 18.2 Å². The summed E-state index contributed by atoms with van der Waals surface area (Å²) in [6.07, 6.45) is 1.38. The van der Waals surface area contributed by atoms with E-state index in [0.717, 1.165) is 0 Å². The molecule has 1 unspecified atom stereocenters. The fourth-order valence-corrected chi connectivity index (χ4v) is 5.94. The number of rotatable bonds is 3. The number of hydrogen-bond donors (Lipinski definition) is 0. The van der Waals surface area contributed by atoms with Crippen molar-refractivity contribution in [3.63, 3.8) is 0 Å². The molecule has 4 atom stereocenters. The predicted octanol–water partition coefficient (Wildman–Crippen LogP) is 3.41. The van der Waals surface area contributed by atoms with Crippen LogP contribution in [0.3, 0.4) is 0 Å². The Balaban J connectivity index is 1.49. The first-order chi connectivity index (χ1) is 17.4. The number of imide groups is 2. The zero-order chi connectivity index (χ0) is 25.1. The fourth-order valence-electron chi connectivity index (χ4n) is 5.79. The van der Waals surface area contributed by atoms with Gasteiger partial charge in [-0.2, -0.15) is 0 Å². The number of halogens is 1. The molecule has 8 nitrogen and oxygen atoms in total. The number of carbonyl (C=O) groups is 4. The zero-order valence-electron chi connectivity index (χ0n) is 19.2. The average Bonchev–Trinajstić information content (AvgIpc) is 3.32. The number of pyridine rings is 1. The molecule has 0 radical (unpaired) electrons. The Labute approximate surface area is 212 Å². The summed E-state index contributed by atoms with van der Waals surface area (Å²) < 4.78 is 0. The van der Waals surface area contributed by atoms with E-state index in [1.807, 2.05) is 0 Å². The third kappa shape index (κ3) is 3.18. The molecule has 180 valence electrons. The molecule has 4 heterocycles. The molecule has 3 aromatic rings. The van der Waals surface area contributed by atoms with Crippen molar-refractivity contribution in [2.75, 3.05) is 21.7 Å². The molecule has 3 aliphatic rings. The molecule has 0 bridgehead atoms. The maximum Gasteiger partial charge on any atom is 0.257 e. The third-order valence-electron chi connectivity index (χ3n) is 7.33. The van der Waals surface area contributed by atoms with Gasteiger partial charge < -0.3 is 4.90 Å². The molecule has 1 aromatic heterocycles. The van der Waals surface area contributed by atoms with Crippen LogP contribution >= 0.6 is 11.6 Å². The lowest BCUT2D eigenvalue weighted by atomic mass is 9.72. The second kappa shape index (κ2) is 8.27. The van der Waals surface area contributed by atoms with Gasteiger partial charge in [0.25, 0.3) is 5.91 Å². The summed E-state index contributed by atoms with van der Waals surface area (Å²) in [4.78, 5) is 63.0. The Bertz CT molecular complexity index is 1410. The van der Waals surface area contributed by atoms with Gasteiger partial charge in [-0.1, -0.05) is 48.0 Å². The summed E-state index contributed by atoms with van der Waals surface area (Å²) in [7, 11) is 1.72. The second-order valence-corrected chi connectivity index (χ2v) is 9.66. The number of likely N-dealkylation sites (N-methyl/N-ethyl adjacent to an activating group) is 1. The van der Waals surface area contributed by atoms with E-state index in [1.54, 1.807) is 78.7 Å². The highest BCUT2D eigenvalue weighted by molar-refractivity contribution is 6.31. The molecule has 2 aromatic carbocycles. The van der Waals surface area contributed by atoms with Gasteiger partial charge in [-0.25, -0.2) is 4.90 Å². The van der Waals surface area contributed by atoms with E-state index >= 15 is 0 Å². The van der Waals surface area contributed by atoms with Crippen LogP contribution in [0.1, 0.15) is 18.0 Å². The van der Waals surface area contributed by atoms with E-state index in [0.29, 0.717) is 27.8 Å². The highest BCUT2D eigenvalue weighted by Crippen LogP contribution is 2.51. The molecule has 4 amide bonds. The van der Waals surface area contributed by atoms with Crippen LogP contribution in [0.4, 0.5) is 17.1 Å². The second-order valence-electron chi connectivity index (χ2n) is 9.23. The molecule has 2 saturated heterocycles. The maximum absolute atomic E-state index is 13.9.